The van der Waals surface area contributed by atoms with Gasteiger partial charge in [0, 0.05) is 12.1 Å². The molecule has 0 spiro atoms. The molecule has 1 N–H and O–H groups in total. The lowest BCUT2D eigenvalue weighted by Gasteiger charge is -2.06. The van der Waals surface area contributed by atoms with Crippen LogP contribution in [0, 0.1) is 5.82 Å². The topological polar surface area (TPSA) is 29.9 Å². The zero-order chi connectivity index (χ0) is 13.5. The summed E-state index contributed by atoms with van der Waals surface area (Å²) in [5.74, 6) is 0.655. The lowest BCUT2D eigenvalue weighted by molar-refractivity contribution is 0.612. The largest absolute Gasteiger partial charge is 0.369 e. The molecule has 0 amide bonds. The molecule has 100 valence electrons. The average Bonchev–Trinajstić information content (AvgIpc) is 3.16. The van der Waals surface area contributed by atoms with Crippen molar-refractivity contribution in [3.05, 3.63) is 53.2 Å². The summed E-state index contributed by atoms with van der Waals surface area (Å²) in [5, 5.41) is 9.98. The number of hydrogen-bond acceptors (Lipinski definition) is 3. The molecule has 1 aliphatic rings. The first kappa shape index (κ1) is 11.7. The zero-order valence-corrected chi connectivity index (χ0v) is 11.5. The molecule has 3 nitrogen and oxygen atoms in total. The molecule has 0 atom stereocenters. The van der Waals surface area contributed by atoms with Gasteiger partial charge in [0.1, 0.15) is 23.0 Å². The first-order valence-corrected chi connectivity index (χ1v) is 7.37. The van der Waals surface area contributed by atoms with Crippen molar-refractivity contribution in [3.63, 3.8) is 0 Å². The van der Waals surface area contributed by atoms with Crippen LogP contribution in [0.2, 0.25) is 0 Å². The molecule has 3 aromatic rings. The number of benzene rings is 1. The fourth-order valence-electron chi connectivity index (χ4n) is 2.58. The van der Waals surface area contributed by atoms with Gasteiger partial charge in [0.05, 0.1) is 4.88 Å². The van der Waals surface area contributed by atoms with E-state index >= 15 is 0 Å². The Kier molecular flexibility index (Phi) is 2.60. The SMILES string of the molecule is Fc1ccccc1-n1nc(-c2cccs2)c2c1NCC2. The third-order valence-corrected chi connectivity index (χ3v) is 4.36. The number of anilines is 1. The van der Waals surface area contributed by atoms with Gasteiger partial charge < -0.3 is 5.32 Å². The molecule has 3 heterocycles. The minimum atomic E-state index is -0.260. The van der Waals surface area contributed by atoms with Crippen molar-refractivity contribution >= 4 is 17.2 Å². The van der Waals surface area contributed by atoms with Crippen LogP contribution in [0.3, 0.4) is 0 Å². The number of halogens is 1. The fourth-order valence-corrected chi connectivity index (χ4v) is 3.32. The lowest BCUT2D eigenvalue weighted by atomic mass is 10.2. The van der Waals surface area contributed by atoms with Gasteiger partial charge in [-0.25, -0.2) is 9.07 Å². The molecule has 0 unspecified atom stereocenters. The van der Waals surface area contributed by atoms with Gasteiger partial charge in [-0.05, 0) is 30.0 Å². The number of thiophene rings is 1. The van der Waals surface area contributed by atoms with Crippen molar-refractivity contribution < 1.29 is 4.39 Å². The second-order valence-electron chi connectivity index (χ2n) is 4.69. The Balaban J connectivity index is 1.94. The molecule has 1 aromatic carbocycles. The van der Waals surface area contributed by atoms with Crippen LogP contribution in [0.4, 0.5) is 10.2 Å². The summed E-state index contributed by atoms with van der Waals surface area (Å²) in [5.41, 5.74) is 2.62. The van der Waals surface area contributed by atoms with E-state index in [1.54, 1.807) is 28.2 Å². The highest BCUT2D eigenvalue weighted by Crippen LogP contribution is 2.36. The average molecular weight is 285 g/mol. The van der Waals surface area contributed by atoms with E-state index in [0.29, 0.717) is 5.69 Å². The van der Waals surface area contributed by atoms with E-state index in [0.717, 1.165) is 29.4 Å². The Hall–Kier alpha value is -2.14. The Morgan fingerprint density at radius 2 is 2.10 bits per heavy atom. The predicted molar refractivity (Wildman–Crippen MR) is 79.0 cm³/mol. The zero-order valence-electron chi connectivity index (χ0n) is 10.6. The van der Waals surface area contributed by atoms with Gasteiger partial charge in [-0.1, -0.05) is 18.2 Å². The van der Waals surface area contributed by atoms with Gasteiger partial charge in [-0.2, -0.15) is 5.10 Å². The summed E-state index contributed by atoms with van der Waals surface area (Å²) in [6.07, 6.45) is 0.928. The first-order valence-electron chi connectivity index (χ1n) is 6.49. The van der Waals surface area contributed by atoms with Crippen LogP contribution in [-0.4, -0.2) is 16.3 Å². The van der Waals surface area contributed by atoms with Gasteiger partial charge in [0.25, 0.3) is 0 Å². The number of fused-ring (bicyclic) bond motifs is 1. The summed E-state index contributed by atoms with van der Waals surface area (Å²) in [6, 6.07) is 10.8. The van der Waals surface area contributed by atoms with Crippen molar-refractivity contribution in [1.82, 2.24) is 9.78 Å². The van der Waals surface area contributed by atoms with Crippen LogP contribution in [0.5, 0.6) is 0 Å². The minimum Gasteiger partial charge on any atom is -0.369 e. The molecule has 0 fully saturated rings. The molecule has 5 heteroatoms. The third kappa shape index (κ3) is 1.67. The Bertz CT molecular complexity index is 762. The van der Waals surface area contributed by atoms with Crippen LogP contribution in [0.1, 0.15) is 5.56 Å². The maximum absolute atomic E-state index is 14.0. The highest BCUT2D eigenvalue weighted by molar-refractivity contribution is 7.13. The van der Waals surface area contributed by atoms with Crippen molar-refractivity contribution in [2.45, 2.75) is 6.42 Å². The molecule has 0 radical (unpaired) electrons. The van der Waals surface area contributed by atoms with Crippen LogP contribution in [0.25, 0.3) is 16.3 Å². The Labute approximate surface area is 119 Å². The van der Waals surface area contributed by atoms with Gasteiger partial charge in [0.2, 0.25) is 0 Å². The lowest BCUT2D eigenvalue weighted by Crippen LogP contribution is -2.05. The molecule has 20 heavy (non-hydrogen) atoms. The van der Waals surface area contributed by atoms with E-state index in [4.69, 9.17) is 0 Å². The summed E-state index contributed by atoms with van der Waals surface area (Å²) in [4.78, 5) is 1.13. The van der Waals surface area contributed by atoms with Crippen molar-refractivity contribution in [3.8, 4) is 16.3 Å². The second kappa shape index (κ2) is 4.45. The number of nitrogens with one attached hydrogen (secondary N) is 1. The van der Waals surface area contributed by atoms with Gasteiger partial charge in [-0.15, -0.1) is 11.3 Å². The minimum absolute atomic E-state index is 0.260. The molecule has 2 aromatic heterocycles. The first-order chi connectivity index (χ1) is 9.84. The summed E-state index contributed by atoms with van der Waals surface area (Å²) >= 11 is 1.66. The summed E-state index contributed by atoms with van der Waals surface area (Å²) in [7, 11) is 0. The highest BCUT2D eigenvalue weighted by atomic mass is 32.1. The van der Waals surface area contributed by atoms with E-state index in [2.05, 4.69) is 16.5 Å². The molecule has 1 aliphatic heterocycles. The standard InChI is InChI=1S/C15H12FN3S/c16-11-4-1-2-5-12(11)19-15-10(7-8-17-15)14(18-19)13-6-3-9-20-13/h1-6,9,17H,7-8H2. The van der Waals surface area contributed by atoms with E-state index in [9.17, 15) is 4.39 Å². The number of aromatic nitrogens is 2. The van der Waals surface area contributed by atoms with E-state index in [1.165, 1.54) is 11.6 Å². The van der Waals surface area contributed by atoms with Gasteiger partial charge in [0.15, 0.2) is 0 Å². The summed E-state index contributed by atoms with van der Waals surface area (Å²) in [6.45, 7) is 0.875. The smallest absolute Gasteiger partial charge is 0.148 e. The Morgan fingerprint density at radius 3 is 2.90 bits per heavy atom. The van der Waals surface area contributed by atoms with E-state index in [-0.39, 0.29) is 5.82 Å². The van der Waals surface area contributed by atoms with Gasteiger partial charge in [-0.3, -0.25) is 0 Å². The van der Waals surface area contributed by atoms with E-state index < -0.39 is 0 Å². The Morgan fingerprint density at radius 1 is 1.20 bits per heavy atom. The fraction of sp³-hybridized carbons (Fsp3) is 0.133. The number of hydrogen-bond donors (Lipinski definition) is 1. The van der Waals surface area contributed by atoms with Crippen LogP contribution in [-0.2, 0) is 6.42 Å². The second-order valence-corrected chi connectivity index (χ2v) is 5.64. The van der Waals surface area contributed by atoms with Crippen molar-refractivity contribution in [2.24, 2.45) is 0 Å². The van der Waals surface area contributed by atoms with Crippen LogP contribution < -0.4 is 5.32 Å². The molecular formula is C15H12FN3S. The molecule has 0 bridgehead atoms. The quantitative estimate of drug-likeness (QED) is 0.778. The van der Waals surface area contributed by atoms with E-state index in [1.807, 2.05) is 17.5 Å². The highest BCUT2D eigenvalue weighted by Gasteiger charge is 2.25. The summed E-state index contributed by atoms with van der Waals surface area (Å²) < 4.78 is 15.7. The molecule has 0 saturated carbocycles. The van der Waals surface area contributed by atoms with Crippen molar-refractivity contribution in [1.29, 1.82) is 0 Å². The molecule has 0 saturated heterocycles. The maximum Gasteiger partial charge on any atom is 0.148 e. The molecular weight excluding hydrogens is 273 g/mol. The van der Waals surface area contributed by atoms with Crippen LogP contribution >= 0.6 is 11.3 Å². The van der Waals surface area contributed by atoms with Crippen molar-refractivity contribution in [2.75, 3.05) is 11.9 Å². The predicted octanol–water partition coefficient (Wildman–Crippen LogP) is 3.71. The van der Waals surface area contributed by atoms with Gasteiger partial charge >= 0.3 is 0 Å². The number of nitrogens with zero attached hydrogens (tertiary/aromatic N) is 2. The number of para-hydroxylation sites is 1. The maximum atomic E-state index is 14.0. The van der Waals surface area contributed by atoms with Crippen LogP contribution in [0.15, 0.2) is 41.8 Å². The third-order valence-electron chi connectivity index (χ3n) is 3.49. The normalized spacial score (nSPS) is 13.2. The molecule has 0 aliphatic carbocycles. The molecule has 4 rings (SSSR count). The monoisotopic (exact) mass is 285 g/mol. The number of rotatable bonds is 2.